The van der Waals surface area contributed by atoms with Crippen LogP contribution in [0.4, 0.5) is 0 Å². The summed E-state index contributed by atoms with van der Waals surface area (Å²) in [5.41, 5.74) is -0.447. The quantitative estimate of drug-likeness (QED) is 0.736. The van der Waals surface area contributed by atoms with Crippen LogP contribution in [-0.2, 0) is 9.53 Å². The van der Waals surface area contributed by atoms with Gasteiger partial charge in [-0.1, -0.05) is 6.92 Å². The Morgan fingerprint density at radius 1 is 1.33 bits per heavy atom. The van der Waals surface area contributed by atoms with Gasteiger partial charge in [0.1, 0.15) is 5.54 Å². The zero-order valence-electron chi connectivity index (χ0n) is 12.3. The van der Waals surface area contributed by atoms with Gasteiger partial charge in [-0.15, -0.1) is 0 Å². The second kappa shape index (κ2) is 7.10. The van der Waals surface area contributed by atoms with Crippen molar-refractivity contribution in [3.8, 4) is 0 Å². The number of likely N-dealkylation sites (tertiary alicyclic amines) is 1. The van der Waals surface area contributed by atoms with E-state index in [1.165, 1.54) is 0 Å². The maximum absolute atomic E-state index is 12.2. The highest BCUT2D eigenvalue weighted by Gasteiger charge is 2.42. The van der Waals surface area contributed by atoms with Crippen molar-refractivity contribution in [3.05, 3.63) is 0 Å². The molecule has 0 bridgehead atoms. The fraction of sp³-hybridized carbons (Fsp3) is 0.929. The molecule has 4 nitrogen and oxygen atoms in total. The smallest absolute Gasteiger partial charge is 0.326 e. The summed E-state index contributed by atoms with van der Waals surface area (Å²) in [6, 6.07) is 0.552. The first-order chi connectivity index (χ1) is 8.55. The molecule has 1 aliphatic rings. The third-order valence-corrected chi connectivity index (χ3v) is 3.76. The number of rotatable bonds is 6. The summed E-state index contributed by atoms with van der Waals surface area (Å²) in [7, 11) is 0. The predicted molar refractivity (Wildman–Crippen MR) is 73.6 cm³/mol. The molecule has 0 spiro atoms. The van der Waals surface area contributed by atoms with E-state index in [9.17, 15) is 4.79 Å². The molecule has 1 aliphatic heterocycles. The zero-order valence-corrected chi connectivity index (χ0v) is 12.3. The monoisotopic (exact) mass is 256 g/mol. The minimum atomic E-state index is -0.447. The number of esters is 1. The molecule has 1 fully saturated rings. The third kappa shape index (κ3) is 3.69. The first-order valence-electron chi connectivity index (χ1n) is 7.22. The minimum absolute atomic E-state index is 0.0677. The first kappa shape index (κ1) is 15.4. The fourth-order valence-electron chi connectivity index (χ4n) is 2.51. The average Bonchev–Trinajstić information content (AvgIpc) is 2.37. The van der Waals surface area contributed by atoms with Crippen LogP contribution in [0.3, 0.4) is 0 Å². The summed E-state index contributed by atoms with van der Waals surface area (Å²) >= 11 is 0. The topological polar surface area (TPSA) is 41.6 Å². The SMILES string of the molecule is CCCNC1(C(=O)OCC)CCN(C(C)C)CC1. The van der Waals surface area contributed by atoms with Gasteiger partial charge >= 0.3 is 5.97 Å². The third-order valence-electron chi connectivity index (χ3n) is 3.76. The van der Waals surface area contributed by atoms with Gasteiger partial charge in [0.05, 0.1) is 6.61 Å². The van der Waals surface area contributed by atoms with Crippen LogP contribution in [0.2, 0.25) is 0 Å². The lowest BCUT2D eigenvalue weighted by Gasteiger charge is -2.42. The molecule has 0 aliphatic carbocycles. The van der Waals surface area contributed by atoms with Gasteiger partial charge in [-0.3, -0.25) is 4.79 Å². The van der Waals surface area contributed by atoms with E-state index in [0.29, 0.717) is 12.6 Å². The molecule has 4 heteroatoms. The molecule has 0 amide bonds. The van der Waals surface area contributed by atoms with E-state index < -0.39 is 5.54 Å². The number of nitrogens with one attached hydrogen (secondary N) is 1. The normalized spacial score (nSPS) is 20.1. The van der Waals surface area contributed by atoms with Gasteiger partial charge in [-0.05, 0) is 46.6 Å². The molecule has 0 aromatic rings. The van der Waals surface area contributed by atoms with E-state index in [-0.39, 0.29) is 5.97 Å². The summed E-state index contributed by atoms with van der Waals surface area (Å²) in [6.45, 7) is 11.7. The first-order valence-corrected chi connectivity index (χ1v) is 7.22. The molecule has 106 valence electrons. The van der Waals surface area contributed by atoms with Crippen LogP contribution < -0.4 is 5.32 Å². The van der Waals surface area contributed by atoms with Gasteiger partial charge in [0.15, 0.2) is 0 Å². The largest absolute Gasteiger partial charge is 0.465 e. The number of hydrogen-bond donors (Lipinski definition) is 1. The van der Waals surface area contributed by atoms with Gasteiger partial charge in [-0.25, -0.2) is 0 Å². The van der Waals surface area contributed by atoms with Gasteiger partial charge in [0.2, 0.25) is 0 Å². The average molecular weight is 256 g/mol. The fourth-order valence-corrected chi connectivity index (χ4v) is 2.51. The highest BCUT2D eigenvalue weighted by molar-refractivity contribution is 5.81. The minimum Gasteiger partial charge on any atom is -0.465 e. The van der Waals surface area contributed by atoms with E-state index >= 15 is 0 Å². The van der Waals surface area contributed by atoms with E-state index in [1.807, 2.05) is 6.92 Å². The molecule has 0 atom stereocenters. The molecule has 0 unspecified atom stereocenters. The number of carbonyl (C=O) groups is 1. The zero-order chi connectivity index (χ0) is 13.6. The highest BCUT2D eigenvalue weighted by atomic mass is 16.5. The van der Waals surface area contributed by atoms with E-state index in [1.54, 1.807) is 0 Å². The summed E-state index contributed by atoms with van der Waals surface area (Å²) in [5.74, 6) is -0.0677. The molecule has 1 heterocycles. The van der Waals surface area contributed by atoms with E-state index in [0.717, 1.165) is 38.9 Å². The Labute approximate surface area is 111 Å². The number of carbonyl (C=O) groups excluding carboxylic acids is 1. The highest BCUT2D eigenvalue weighted by Crippen LogP contribution is 2.25. The molecule has 0 aromatic heterocycles. The molecule has 1 N–H and O–H groups in total. The van der Waals surface area contributed by atoms with Crippen LogP contribution in [0.1, 0.15) is 47.0 Å². The van der Waals surface area contributed by atoms with E-state index in [4.69, 9.17) is 4.74 Å². The predicted octanol–water partition coefficient (Wildman–Crippen LogP) is 1.79. The van der Waals surface area contributed by atoms with Crippen molar-refractivity contribution >= 4 is 5.97 Å². The summed E-state index contributed by atoms with van der Waals surface area (Å²) in [5, 5.41) is 3.43. The van der Waals surface area contributed by atoms with Gasteiger partial charge in [0, 0.05) is 19.1 Å². The van der Waals surface area contributed by atoms with Crippen molar-refractivity contribution in [2.24, 2.45) is 0 Å². The Hall–Kier alpha value is -0.610. The van der Waals surface area contributed by atoms with Gasteiger partial charge in [-0.2, -0.15) is 0 Å². The Bertz CT molecular complexity index is 259. The van der Waals surface area contributed by atoms with Crippen molar-refractivity contribution < 1.29 is 9.53 Å². The van der Waals surface area contributed by atoms with Crippen LogP contribution in [0.5, 0.6) is 0 Å². The number of ether oxygens (including phenoxy) is 1. The summed E-state index contributed by atoms with van der Waals surface area (Å²) in [4.78, 5) is 14.6. The maximum Gasteiger partial charge on any atom is 0.326 e. The lowest BCUT2D eigenvalue weighted by atomic mass is 9.86. The van der Waals surface area contributed by atoms with Crippen molar-refractivity contribution in [3.63, 3.8) is 0 Å². The number of piperidine rings is 1. The molecule has 0 radical (unpaired) electrons. The Kier molecular flexibility index (Phi) is 6.09. The van der Waals surface area contributed by atoms with E-state index in [2.05, 4.69) is 31.0 Å². The number of hydrogen-bond acceptors (Lipinski definition) is 4. The lowest BCUT2D eigenvalue weighted by molar-refractivity contribution is -0.153. The molecular formula is C14H28N2O2. The summed E-state index contributed by atoms with van der Waals surface area (Å²) < 4.78 is 5.26. The van der Waals surface area contributed by atoms with Gasteiger partial charge < -0.3 is 15.0 Å². The number of nitrogens with zero attached hydrogens (tertiary/aromatic N) is 1. The maximum atomic E-state index is 12.2. The van der Waals surface area contributed by atoms with Crippen molar-refractivity contribution in [1.82, 2.24) is 10.2 Å². The molecular weight excluding hydrogens is 228 g/mol. The standard InChI is InChI=1S/C14H28N2O2/c1-5-9-15-14(13(17)18-6-2)7-10-16(11-8-14)12(3)4/h12,15H,5-11H2,1-4H3. The van der Waals surface area contributed by atoms with Crippen LogP contribution in [0.25, 0.3) is 0 Å². The lowest BCUT2D eigenvalue weighted by Crippen LogP contribution is -2.59. The van der Waals surface area contributed by atoms with Crippen molar-refractivity contribution in [2.45, 2.75) is 58.5 Å². The van der Waals surface area contributed by atoms with Crippen LogP contribution in [0.15, 0.2) is 0 Å². The van der Waals surface area contributed by atoms with Gasteiger partial charge in [0.25, 0.3) is 0 Å². The van der Waals surface area contributed by atoms with Crippen LogP contribution in [0, 0.1) is 0 Å². The summed E-state index contributed by atoms with van der Waals surface area (Å²) in [6.07, 6.45) is 2.74. The molecule has 1 rings (SSSR count). The van der Waals surface area contributed by atoms with Crippen LogP contribution >= 0.6 is 0 Å². The second-order valence-corrected chi connectivity index (χ2v) is 5.36. The Balaban J connectivity index is 2.66. The van der Waals surface area contributed by atoms with Crippen molar-refractivity contribution in [2.75, 3.05) is 26.2 Å². The molecule has 0 aromatic carbocycles. The molecule has 18 heavy (non-hydrogen) atoms. The van der Waals surface area contributed by atoms with Crippen LogP contribution in [-0.4, -0.2) is 48.7 Å². The second-order valence-electron chi connectivity index (χ2n) is 5.36. The Morgan fingerprint density at radius 3 is 2.39 bits per heavy atom. The molecule has 0 saturated carbocycles. The molecule has 1 saturated heterocycles. The Morgan fingerprint density at radius 2 is 1.94 bits per heavy atom. The van der Waals surface area contributed by atoms with Crippen molar-refractivity contribution in [1.29, 1.82) is 0 Å².